The van der Waals surface area contributed by atoms with Crippen molar-refractivity contribution >= 4 is 36.5 Å². The second kappa shape index (κ2) is 9.47. The monoisotopic (exact) mass is 438 g/mol. The van der Waals surface area contributed by atoms with E-state index in [2.05, 4.69) is 30.3 Å². The maximum absolute atomic E-state index is 13.1. The molecule has 164 valence electrons. The molecule has 1 aliphatic rings. The van der Waals surface area contributed by atoms with Gasteiger partial charge in [-0.3, -0.25) is 14.4 Å². The van der Waals surface area contributed by atoms with Crippen molar-refractivity contribution in [2.75, 3.05) is 12.4 Å². The van der Waals surface area contributed by atoms with Crippen LogP contribution in [0.5, 0.6) is 5.75 Å². The van der Waals surface area contributed by atoms with Crippen LogP contribution in [0.15, 0.2) is 48.5 Å². The highest BCUT2D eigenvalue weighted by Crippen LogP contribution is 2.25. The molecule has 2 N–H and O–H groups in total. The summed E-state index contributed by atoms with van der Waals surface area (Å²) in [4.78, 5) is 37.5. The maximum Gasteiger partial charge on any atom is 0.251 e. The molecule has 0 saturated heterocycles. The van der Waals surface area contributed by atoms with Crippen LogP contribution >= 0.6 is 0 Å². The fourth-order valence-electron chi connectivity index (χ4n) is 3.66. The van der Waals surface area contributed by atoms with Crippen LogP contribution in [0.25, 0.3) is 0 Å². The first-order chi connectivity index (χ1) is 14.7. The zero-order chi connectivity index (χ0) is 22.6. The van der Waals surface area contributed by atoms with Crippen LogP contribution in [0.4, 0.5) is 5.69 Å². The molecule has 0 radical (unpaired) electrons. The summed E-state index contributed by atoms with van der Waals surface area (Å²) in [5, 5.41) is 7.07. The summed E-state index contributed by atoms with van der Waals surface area (Å²) in [5.74, 6) is -0.220. The van der Waals surface area contributed by atoms with Crippen molar-refractivity contribution in [3.05, 3.63) is 54.1 Å². The minimum absolute atomic E-state index is 0.0908. The number of hydrogen-bond donors (Lipinski definition) is 2. The first kappa shape index (κ1) is 22.7. The Morgan fingerprint density at radius 3 is 2.19 bits per heavy atom. The Morgan fingerprint density at radius 1 is 1.03 bits per heavy atom. The fraction of sp³-hybridized carbons (Fsp3) is 0.375. The summed E-state index contributed by atoms with van der Waals surface area (Å²) in [5.41, 5.74) is 1.32. The van der Waals surface area contributed by atoms with Gasteiger partial charge in [0.2, 0.25) is 5.91 Å². The molecule has 3 rings (SSSR count). The van der Waals surface area contributed by atoms with Gasteiger partial charge in [-0.15, -0.1) is 0 Å². The third-order valence-corrected chi connectivity index (χ3v) is 7.70. The summed E-state index contributed by atoms with van der Waals surface area (Å²) < 4.78 is 5.20. The highest BCUT2D eigenvalue weighted by molar-refractivity contribution is 6.88. The van der Waals surface area contributed by atoms with Gasteiger partial charge in [-0.25, -0.2) is 0 Å². The Hall–Kier alpha value is -2.93. The fourth-order valence-corrected chi connectivity index (χ4v) is 4.83. The van der Waals surface area contributed by atoms with Crippen molar-refractivity contribution in [2.45, 2.75) is 44.9 Å². The van der Waals surface area contributed by atoms with E-state index in [4.69, 9.17) is 4.74 Å². The molecule has 1 aliphatic carbocycles. The molecular weight excluding hydrogens is 408 g/mol. The van der Waals surface area contributed by atoms with E-state index in [9.17, 15) is 14.4 Å². The van der Waals surface area contributed by atoms with Crippen LogP contribution in [-0.2, 0) is 14.4 Å². The normalized spacial score (nSPS) is 17.2. The molecule has 2 aromatic carbocycles. The van der Waals surface area contributed by atoms with Crippen LogP contribution in [0.3, 0.4) is 0 Å². The molecule has 0 aromatic heterocycles. The van der Waals surface area contributed by atoms with Crippen LogP contribution in [-0.4, -0.2) is 32.8 Å². The van der Waals surface area contributed by atoms with Crippen molar-refractivity contribution in [3.8, 4) is 5.75 Å². The number of nitrogens with one attached hydrogen (secondary N) is 2. The SMILES string of the molecule is COc1ccc(C(NC(=O)C2CCC(=O)C2)C(=O)Nc2ccc([Si](C)(C)C)cc2)cc1. The van der Waals surface area contributed by atoms with Crippen molar-refractivity contribution in [1.82, 2.24) is 5.32 Å². The predicted molar refractivity (Wildman–Crippen MR) is 124 cm³/mol. The molecule has 2 atom stereocenters. The van der Waals surface area contributed by atoms with E-state index >= 15 is 0 Å². The molecular formula is C24H30N2O4Si. The standard InChI is InChI=1S/C24H30N2O4Si/c1-30-20-11-6-16(7-12-20)22(26-23(28)17-5-10-19(27)15-17)24(29)25-18-8-13-21(14-9-18)31(2,3)4/h6-9,11-14,17,22H,5,10,15H2,1-4H3,(H,25,29)(H,26,28). The molecule has 0 spiro atoms. The number of hydrogen-bond acceptors (Lipinski definition) is 4. The van der Waals surface area contributed by atoms with Crippen molar-refractivity contribution in [2.24, 2.45) is 5.92 Å². The Balaban J connectivity index is 1.79. The van der Waals surface area contributed by atoms with Crippen molar-refractivity contribution < 1.29 is 19.1 Å². The Morgan fingerprint density at radius 2 is 1.68 bits per heavy atom. The maximum atomic E-state index is 13.1. The van der Waals surface area contributed by atoms with E-state index in [1.807, 2.05) is 24.3 Å². The lowest BCUT2D eigenvalue weighted by Crippen LogP contribution is -2.40. The van der Waals surface area contributed by atoms with E-state index < -0.39 is 14.1 Å². The molecule has 2 amide bonds. The third kappa shape index (κ3) is 5.82. The number of benzene rings is 2. The molecule has 1 saturated carbocycles. The molecule has 0 heterocycles. The Bertz CT molecular complexity index is 949. The number of methoxy groups -OCH3 is 1. The smallest absolute Gasteiger partial charge is 0.251 e. The topological polar surface area (TPSA) is 84.5 Å². The van der Waals surface area contributed by atoms with Gasteiger partial charge in [0.15, 0.2) is 0 Å². The number of ketones is 1. The largest absolute Gasteiger partial charge is 0.497 e. The first-order valence-corrected chi connectivity index (χ1v) is 14.0. The minimum Gasteiger partial charge on any atom is -0.497 e. The lowest BCUT2D eigenvalue weighted by Gasteiger charge is -2.21. The van der Waals surface area contributed by atoms with Gasteiger partial charge in [0.1, 0.15) is 17.6 Å². The van der Waals surface area contributed by atoms with E-state index in [0.29, 0.717) is 29.8 Å². The van der Waals surface area contributed by atoms with Crippen molar-refractivity contribution in [1.29, 1.82) is 0 Å². The number of carbonyl (C=O) groups is 3. The lowest BCUT2D eigenvalue weighted by atomic mass is 10.0. The Labute approximate surface area is 184 Å². The van der Waals surface area contributed by atoms with Gasteiger partial charge in [0, 0.05) is 24.4 Å². The van der Waals surface area contributed by atoms with E-state index in [1.165, 1.54) is 5.19 Å². The molecule has 31 heavy (non-hydrogen) atoms. The number of carbonyl (C=O) groups excluding carboxylic acids is 3. The number of amides is 2. The van der Waals surface area contributed by atoms with Crippen LogP contribution in [0.2, 0.25) is 19.6 Å². The highest BCUT2D eigenvalue weighted by atomic mass is 28.3. The summed E-state index contributed by atoms with van der Waals surface area (Å²) in [7, 11) is 0.140. The number of rotatable bonds is 7. The molecule has 0 bridgehead atoms. The number of anilines is 1. The molecule has 2 aromatic rings. The lowest BCUT2D eigenvalue weighted by molar-refractivity contribution is -0.130. The summed E-state index contributed by atoms with van der Waals surface area (Å²) >= 11 is 0. The third-order valence-electron chi connectivity index (χ3n) is 5.63. The van der Waals surface area contributed by atoms with Gasteiger partial charge in [-0.1, -0.05) is 49.1 Å². The van der Waals surface area contributed by atoms with Crippen LogP contribution in [0, 0.1) is 5.92 Å². The number of Topliss-reactive ketones (excluding diaryl/α,β-unsaturated/α-hetero) is 1. The molecule has 7 heteroatoms. The van der Waals surface area contributed by atoms with Crippen LogP contribution in [0.1, 0.15) is 30.9 Å². The van der Waals surface area contributed by atoms with E-state index in [1.54, 1.807) is 31.4 Å². The highest BCUT2D eigenvalue weighted by Gasteiger charge is 2.32. The van der Waals surface area contributed by atoms with Gasteiger partial charge in [0.25, 0.3) is 5.91 Å². The van der Waals surface area contributed by atoms with Gasteiger partial charge in [-0.2, -0.15) is 0 Å². The van der Waals surface area contributed by atoms with Crippen LogP contribution < -0.4 is 20.6 Å². The predicted octanol–water partition coefficient (Wildman–Crippen LogP) is 3.41. The zero-order valence-electron chi connectivity index (χ0n) is 18.5. The van der Waals surface area contributed by atoms with Gasteiger partial charge in [-0.05, 0) is 36.2 Å². The second-order valence-corrected chi connectivity index (χ2v) is 14.1. The van der Waals surface area contributed by atoms with Gasteiger partial charge < -0.3 is 15.4 Å². The quantitative estimate of drug-likeness (QED) is 0.649. The summed E-state index contributed by atoms with van der Waals surface area (Å²) in [6, 6.07) is 14.1. The van der Waals surface area contributed by atoms with E-state index in [-0.39, 0.29) is 29.9 Å². The van der Waals surface area contributed by atoms with Gasteiger partial charge in [0.05, 0.1) is 15.2 Å². The summed E-state index contributed by atoms with van der Waals surface area (Å²) in [6.07, 6.45) is 1.18. The van der Waals surface area contributed by atoms with Gasteiger partial charge >= 0.3 is 0 Å². The Kier molecular flexibility index (Phi) is 6.95. The average molecular weight is 439 g/mol. The average Bonchev–Trinajstić information content (AvgIpc) is 3.18. The number of ether oxygens (including phenoxy) is 1. The first-order valence-electron chi connectivity index (χ1n) is 10.5. The minimum atomic E-state index is -1.43. The molecule has 0 aliphatic heterocycles. The molecule has 6 nitrogen and oxygen atoms in total. The van der Waals surface area contributed by atoms with E-state index in [0.717, 1.165) is 0 Å². The molecule has 1 fully saturated rings. The molecule has 2 unspecified atom stereocenters. The van der Waals surface area contributed by atoms with Crippen molar-refractivity contribution in [3.63, 3.8) is 0 Å². The zero-order valence-corrected chi connectivity index (χ0v) is 19.5. The second-order valence-electron chi connectivity index (χ2n) is 9.01. The summed E-state index contributed by atoms with van der Waals surface area (Å²) in [6.45, 7) is 6.80.